The number of benzene rings is 1. The Morgan fingerprint density at radius 2 is 2.00 bits per heavy atom. The van der Waals surface area contributed by atoms with Gasteiger partial charge in [0.15, 0.2) is 0 Å². The van der Waals surface area contributed by atoms with Crippen molar-refractivity contribution in [2.24, 2.45) is 0 Å². The molecule has 0 bridgehead atoms. The van der Waals surface area contributed by atoms with Gasteiger partial charge in [-0.2, -0.15) is 23.8 Å². The van der Waals surface area contributed by atoms with Crippen molar-refractivity contribution < 1.29 is 46.6 Å². The summed E-state index contributed by atoms with van der Waals surface area (Å²) in [6.07, 6.45) is 1.70. The maximum atomic E-state index is 12.7. The summed E-state index contributed by atoms with van der Waals surface area (Å²) in [6, 6.07) is 4.27. The molecule has 7 heteroatoms. The number of allylic oxidation sites excluding steroid dienone is 3. The van der Waals surface area contributed by atoms with Crippen molar-refractivity contribution in [3.8, 4) is 5.75 Å². The van der Waals surface area contributed by atoms with E-state index in [-0.39, 0.29) is 54.2 Å². The first kappa shape index (κ1) is 18.6. The van der Waals surface area contributed by atoms with Crippen LogP contribution in [0.3, 0.4) is 0 Å². The van der Waals surface area contributed by atoms with E-state index in [1.54, 1.807) is 0 Å². The van der Waals surface area contributed by atoms with Gasteiger partial charge in [0.2, 0.25) is 0 Å². The molecule has 109 valence electrons. The summed E-state index contributed by atoms with van der Waals surface area (Å²) in [5.74, 6) is -0.0111. The number of phenolic OH excluding ortho intramolecular Hbond substituents is 1. The topological polar surface area (TPSA) is 23.5 Å². The second kappa shape index (κ2) is 7.73. The van der Waals surface area contributed by atoms with Crippen LogP contribution in [0.2, 0.25) is 5.02 Å². The predicted molar refractivity (Wildman–Crippen MR) is 75.6 cm³/mol. The van der Waals surface area contributed by atoms with Crippen molar-refractivity contribution in [1.29, 1.82) is 0 Å². The van der Waals surface area contributed by atoms with E-state index >= 15 is 0 Å². The minimum Gasteiger partial charge on any atom is -0.508 e. The van der Waals surface area contributed by atoms with E-state index in [0.717, 1.165) is 0 Å². The molecule has 1 radical (unpaired) electrons. The molecule has 0 unspecified atom stereocenters. The van der Waals surface area contributed by atoms with Crippen molar-refractivity contribution in [2.45, 2.75) is 6.43 Å². The molecule has 1 N–H and O–H groups in total. The van der Waals surface area contributed by atoms with E-state index in [0.29, 0.717) is 11.3 Å². The summed E-state index contributed by atoms with van der Waals surface area (Å²) in [5, 5.41) is 9.81. The van der Waals surface area contributed by atoms with E-state index in [1.165, 1.54) is 29.2 Å². The quantitative estimate of drug-likeness (QED) is 0.753. The number of phenols is 1. The average Bonchev–Trinajstić information content (AvgIpc) is 2.36. The zero-order chi connectivity index (χ0) is 14.9. The molecule has 1 aliphatic rings. The van der Waals surface area contributed by atoms with Crippen LogP contribution in [0.15, 0.2) is 41.6 Å². The molecule has 0 saturated carbocycles. The van der Waals surface area contributed by atoms with Gasteiger partial charge in [-0.05, 0) is 27.9 Å². The first-order valence-electron chi connectivity index (χ1n) is 5.63. The molecule has 2 nitrogen and oxygen atoms in total. The van der Waals surface area contributed by atoms with Crippen LogP contribution in [0, 0.1) is 6.08 Å². The number of hydrogen-bond donors (Lipinski definition) is 1. The van der Waals surface area contributed by atoms with Gasteiger partial charge < -0.3 is 10.0 Å². The molecule has 1 aromatic rings. The maximum Gasteiger partial charge on any atom is 0.256 e. The minimum absolute atomic E-state index is 0. The van der Waals surface area contributed by atoms with Gasteiger partial charge in [-0.3, -0.25) is 0 Å². The molecule has 1 aliphatic heterocycles. The van der Waals surface area contributed by atoms with Crippen LogP contribution in [0.5, 0.6) is 5.75 Å². The van der Waals surface area contributed by atoms with Gasteiger partial charge in [0, 0.05) is 32.7 Å². The van der Waals surface area contributed by atoms with Crippen molar-refractivity contribution in [3.63, 3.8) is 0 Å². The molecular formula is C14H10Cl2F2NOY-. The second-order valence-electron chi connectivity index (χ2n) is 4.10. The Morgan fingerprint density at radius 1 is 1.33 bits per heavy atom. The number of hydrogen-bond acceptors (Lipinski definition) is 2. The molecule has 0 amide bonds. The number of alkyl halides is 2. The van der Waals surface area contributed by atoms with Gasteiger partial charge in [0.25, 0.3) is 6.43 Å². The Kier molecular flexibility index (Phi) is 6.86. The normalized spacial score (nSPS) is 14.7. The largest absolute Gasteiger partial charge is 0.508 e. The number of nitrogens with zero attached hydrogens (tertiary/aromatic N) is 1. The predicted octanol–water partition coefficient (Wildman–Crippen LogP) is 4.40. The average molecular weight is 406 g/mol. The van der Waals surface area contributed by atoms with Crippen molar-refractivity contribution in [2.75, 3.05) is 6.54 Å². The fourth-order valence-corrected chi connectivity index (χ4v) is 2.24. The zero-order valence-electron chi connectivity index (χ0n) is 10.8. The summed E-state index contributed by atoms with van der Waals surface area (Å²) < 4.78 is 25.4. The Bertz CT molecular complexity index is 617. The zero-order valence-corrected chi connectivity index (χ0v) is 15.1. The Morgan fingerprint density at radius 3 is 2.57 bits per heavy atom. The molecular weight excluding hydrogens is 396 g/mol. The van der Waals surface area contributed by atoms with Crippen LogP contribution in [0.4, 0.5) is 8.78 Å². The third kappa shape index (κ3) is 4.29. The molecule has 0 spiro atoms. The maximum absolute atomic E-state index is 12.7. The molecule has 2 rings (SSSR count). The van der Waals surface area contributed by atoms with Gasteiger partial charge in [0.05, 0.1) is 6.54 Å². The van der Waals surface area contributed by atoms with Gasteiger partial charge in [-0.25, -0.2) is 8.78 Å². The standard InChI is InChI=1S/C14H10Cl2F2NO.Y/c1-8-11(15)4-5-13(19(8)7-14(17)18)10-3-2-9(20)6-12(10)16;/h2-4,6,14,20H,1,7H2;/q-1;. The van der Waals surface area contributed by atoms with Gasteiger partial charge in [-0.1, -0.05) is 29.4 Å². The smallest absolute Gasteiger partial charge is 0.256 e. The summed E-state index contributed by atoms with van der Waals surface area (Å²) >= 11 is 11.9. The third-order valence-corrected chi connectivity index (χ3v) is 3.38. The first-order valence-corrected chi connectivity index (χ1v) is 6.38. The van der Waals surface area contributed by atoms with Crippen LogP contribution in [0.1, 0.15) is 5.56 Å². The van der Waals surface area contributed by atoms with Gasteiger partial charge in [0.1, 0.15) is 5.75 Å². The van der Waals surface area contributed by atoms with Crippen molar-refractivity contribution in [1.82, 2.24) is 4.90 Å². The van der Waals surface area contributed by atoms with Crippen LogP contribution < -0.4 is 0 Å². The minimum atomic E-state index is -2.57. The molecule has 0 fully saturated rings. The van der Waals surface area contributed by atoms with Gasteiger partial charge >= 0.3 is 0 Å². The summed E-state index contributed by atoms with van der Waals surface area (Å²) in [5.41, 5.74) is 1.06. The van der Waals surface area contributed by atoms with Crippen LogP contribution >= 0.6 is 23.2 Å². The summed E-state index contributed by atoms with van der Waals surface area (Å²) in [7, 11) is 0. The van der Waals surface area contributed by atoms with Crippen molar-refractivity contribution >= 4 is 28.9 Å². The van der Waals surface area contributed by atoms with E-state index in [9.17, 15) is 13.9 Å². The van der Waals surface area contributed by atoms with E-state index in [1.807, 2.05) is 0 Å². The van der Waals surface area contributed by atoms with Gasteiger partial charge in [-0.15, -0.1) is 6.07 Å². The molecule has 1 heterocycles. The number of aromatic hydroxyl groups is 1. The molecule has 1 aromatic carbocycles. The molecule has 0 atom stereocenters. The molecule has 21 heavy (non-hydrogen) atoms. The fourth-order valence-electron chi connectivity index (χ4n) is 1.82. The van der Waals surface area contributed by atoms with E-state index in [4.69, 9.17) is 23.2 Å². The molecule has 0 aliphatic carbocycles. The number of rotatable bonds is 3. The number of halogens is 4. The fraction of sp³-hybridized carbons (Fsp3) is 0.143. The molecule has 0 aromatic heterocycles. The second-order valence-corrected chi connectivity index (χ2v) is 4.91. The summed E-state index contributed by atoms with van der Waals surface area (Å²) in [4.78, 5) is 1.26. The van der Waals surface area contributed by atoms with Crippen LogP contribution in [0.25, 0.3) is 5.70 Å². The van der Waals surface area contributed by atoms with Crippen LogP contribution in [-0.2, 0) is 32.7 Å². The Labute approximate surface area is 156 Å². The van der Waals surface area contributed by atoms with Crippen LogP contribution in [-0.4, -0.2) is 23.0 Å². The Hall–Kier alpha value is -0.416. The monoisotopic (exact) mass is 405 g/mol. The Balaban J connectivity index is 0.00000220. The summed E-state index contributed by atoms with van der Waals surface area (Å²) in [6.45, 7) is 3.12. The van der Waals surface area contributed by atoms with E-state index in [2.05, 4.69) is 12.7 Å². The SMILES string of the molecule is C=C1C(Cl)=C[C-]=C(c2ccc(O)cc2Cl)N1CC(F)F.[Y]. The molecule has 0 saturated heterocycles. The van der Waals surface area contributed by atoms with Crippen molar-refractivity contribution in [3.05, 3.63) is 58.2 Å². The van der Waals surface area contributed by atoms with E-state index < -0.39 is 13.0 Å². The first-order chi connectivity index (χ1) is 9.40. The third-order valence-electron chi connectivity index (χ3n) is 2.74.